The molecule has 1 aromatic heterocycles. The van der Waals surface area contributed by atoms with Gasteiger partial charge in [-0.2, -0.15) is 5.26 Å². The lowest BCUT2D eigenvalue weighted by atomic mass is 10.1. The van der Waals surface area contributed by atoms with E-state index in [1.54, 1.807) is 18.3 Å². The molecule has 0 aliphatic rings. The number of hydrogen-bond acceptors (Lipinski definition) is 3. The molecule has 1 heterocycles. The van der Waals surface area contributed by atoms with Crippen molar-refractivity contribution in [2.75, 3.05) is 5.73 Å². The fraction of sp³-hybridized carbons (Fsp3) is 0. The van der Waals surface area contributed by atoms with Gasteiger partial charge in [0.15, 0.2) is 0 Å². The van der Waals surface area contributed by atoms with E-state index in [4.69, 9.17) is 11.0 Å². The minimum absolute atomic E-state index is 0.467. The van der Waals surface area contributed by atoms with Gasteiger partial charge in [-0.3, -0.25) is 0 Å². The van der Waals surface area contributed by atoms with E-state index in [1.165, 1.54) is 0 Å². The smallest absolute Gasteiger partial charge is 0.131 e. The maximum absolute atomic E-state index is 8.68. The van der Waals surface area contributed by atoms with Gasteiger partial charge in [-0.25, -0.2) is 4.98 Å². The molecule has 2 aromatic rings. The number of benzene rings is 1. The number of nitrogens with zero attached hydrogens (tertiary/aromatic N) is 2. The van der Waals surface area contributed by atoms with Crippen LogP contribution in [0, 0.1) is 11.3 Å². The second kappa shape index (κ2) is 2.76. The monoisotopic (exact) mass is 169 g/mol. The molecule has 1 aromatic carbocycles. The molecule has 0 saturated heterocycles. The van der Waals surface area contributed by atoms with E-state index in [-0.39, 0.29) is 0 Å². The van der Waals surface area contributed by atoms with Crippen molar-refractivity contribution in [3.05, 3.63) is 36.0 Å². The van der Waals surface area contributed by atoms with Crippen LogP contribution in [0.5, 0.6) is 0 Å². The Morgan fingerprint density at radius 3 is 2.92 bits per heavy atom. The molecule has 0 aliphatic heterocycles. The summed E-state index contributed by atoms with van der Waals surface area (Å²) in [6.07, 6.45) is 1.66. The van der Waals surface area contributed by atoms with Gasteiger partial charge in [-0.15, -0.1) is 0 Å². The second-order valence-corrected chi connectivity index (χ2v) is 2.74. The van der Waals surface area contributed by atoms with Crippen molar-refractivity contribution in [3.63, 3.8) is 0 Å². The topological polar surface area (TPSA) is 62.7 Å². The Morgan fingerprint density at radius 1 is 1.31 bits per heavy atom. The predicted octanol–water partition coefficient (Wildman–Crippen LogP) is 1.69. The lowest BCUT2D eigenvalue weighted by Crippen LogP contribution is -1.90. The van der Waals surface area contributed by atoms with Crippen LogP contribution < -0.4 is 5.73 Å². The number of rotatable bonds is 0. The summed E-state index contributed by atoms with van der Waals surface area (Å²) < 4.78 is 0. The van der Waals surface area contributed by atoms with Crippen LogP contribution in [0.25, 0.3) is 10.8 Å². The fourth-order valence-corrected chi connectivity index (χ4v) is 1.26. The van der Waals surface area contributed by atoms with Gasteiger partial charge in [-0.05, 0) is 23.6 Å². The molecule has 3 nitrogen and oxygen atoms in total. The molecule has 2 rings (SSSR count). The maximum atomic E-state index is 8.68. The first-order valence-corrected chi connectivity index (χ1v) is 3.85. The van der Waals surface area contributed by atoms with Gasteiger partial charge in [0, 0.05) is 11.6 Å². The summed E-state index contributed by atoms with van der Waals surface area (Å²) in [4.78, 5) is 3.95. The number of pyridine rings is 1. The molecule has 0 aliphatic carbocycles. The number of nitriles is 1. The van der Waals surface area contributed by atoms with E-state index >= 15 is 0 Å². The van der Waals surface area contributed by atoms with Crippen LogP contribution in [-0.2, 0) is 0 Å². The molecular weight excluding hydrogens is 162 g/mol. The van der Waals surface area contributed by atoms with Gasteiger partial charge in [0.05, 0.1) is 11.6 Å². The Bertz CT molecular complexity index is 497. The van der Waals surface area contributed by atoms with Crippen molar-refractivity contribution in [2.24, 2.45) is 0 Å². The first-order valence-electron chi connectivity index (χ1n) is 3.85. The molecule has 0 unspecified atom stereocenters. The zero-order chi connectivity index (χ0) is 9.26. The highest BCUT2D eigenvalue weighted by Gasteiger charge is 1.99. The number of hydrogen-bond donors (Lipinski definition) is 1. The summed E-state index contributed by atoms with van der Waals surface area (Å²) in [5.74, 6) is 0.467. The van der Waals surface area contributed by atoms with Crippen molar-refractivity contribution in [3.8, 4) is 6.07 Å². The number of nitrogens with two attached hydrogens (primary N) is 1. The summed E-state index contributed by atoms with van der Waals surface area (Å²) >= 11 is 0. The average Bonchev–Trinajstić information content (AvgIpc) is 2.18. The van der Waals surface area contributed by atoms with Crippen molar-refractivity contribution < 1.29 is 0 Å². The number of aromatic nitrogens is 1. The standard InChI is InChI=1S/C10H7N3/c11-6-7-1-2-8-3-4-13-10(12)9(8)5-7/h1-5H,(H2,12,13). The minimum atomic E-state index is 0.467. The van der Waals surface area contributed by atoms with Crippen LogP contribution in [0.3, 0.4) is 0 Å². The molecule has 3 heteroatoms. The number of anilines is 1. The van der Waals surface area contributed by atoms with E-state index in [1.807, 2.05) is 12.1 Å². The van der Waals surface area contributed by atoms with E-state index < -0.39 is 0 Å². The molecule has 2 N–H and O–H groups in total. The predicted molar refractivity (Wildman–Crippen MR) is 50.9 cm³/mol. The first-order chi connectivity index (χ1) is 6.31. The summed E-state index contributed by atoms with van der Waals surface area (Å²) in [6.45, 7) is 0. The third-order valence-electron chi connectivity index (χ3n) is 1.93. The Morgan fingerprint density at radius 2 is 2.15 bits per heavy atom. The third kappa shape index (κ3) is 1.18. The van der Waals surface area contributed by atoms with E-state index in [9.17, 15) is 0 Å². The van der Waals surface area contributed by atoms with Crippen LogP contribution in [0.15, 0.2) is 30.5 Å². The Labute approximate surface area is 75.4 Å². The Kier molecular flexibility index (Phi) is 1.60. The fourth-order valence-electron chi connectivity index (χ4n) is 1.26. The number of nitrogen functional groups attached to an aromatic ring is 1. The summed E-state index contributed by atoms with van der Waals surface area (Å²) in [6, 6.07) is 9.31. The van der Waals surface area contributed by atoms with E-state index in [2.05, 4.69) is 11.1 Å². The van der Waals surface area contributed by atoms with Crippen molar-refractivity contribution in [1.29, 1.82) is 5.26 Å². The Hall–Kier alpha value is -2.08. The summed E-state index contributed by atoms with van der Waals surface area (Å²) in [5, 5.41) is 10.5. The van der Waals surface area contributed by atoms with Crippen LogP contribution in [0.4, 0.5) is 5.82 Å². The van der Waals surface area contributed by atoms with Crippen molar-refractivity contribution >= 4 is 16.6 Å². The minimum Gasteiger partial charge on any atom is -0.383 e. The largest absolute Gasteiger partial charge is 0.383 e. The van der Waals surface area contributed by atoms with Crippen LogP contribution in [0.1, 0.15) is 5.56 Å². The molecule has 0 atom stereocenters. The second-order valence-electron chi connectivity index (χ2n) is 2.74. The van der Waals surface area contributed by atoms with Gasteiger partial charge in [0.2, 0.25) is 0 Å². The SMILES string of the molecule is N#Cc1ccc2ccnc(N)c2c1. The van der Waals surface area contributed by atoms with Crippen molar-refractivity contribution in [1.82, 2.24) is 4.98 Å². The van der Waals surface area contributed by atoms with Crippen LogP contribution in [0.2, 0.25) is 0 Å². The van der Waals surface area contributed by atoms with Crippen molar-refractivity contribution in [2.45, 2.75) is 0 Å². The van der Waals surface area contributed by atoms with Gasteiger partial charge in [0.1, 0.15) is 5.82 Å². The maximum Gasteiger partial charge on any atom is 0.131 e. The third-order valence-corrected chi connectivity index (χ3v) is 1.93. The van der Waals surface area contributed by atoms with Gasteiger partial charge >= 0.3 is 0 Å². The molecule has 13 heavy (non-hydrogen) atoms. The molecule has 0 bridgehead atoms. The Balaban J connectivity index is 2.84. The summed E-state index contributed by atoms with van der Waals surface area (Å²) in [7, 11) is 0. The highest BCUT2D eigenvalue weighted by molar-refractivity contribution is 5.91. The highest BCUT2D eigenvalue weighted by atomic mass is 14.8. The quantitative estimate of drug-likeness (QED) is 0.652. The van der Waals surface area contributed by atoms with E-state index in [0.717, 1.165) is 10.8 Å². The molecular formula is C10H7N3. The van der Waals surface area contributed by atoms with Gasteiger partial charge in [-0.1, -0.05) is 6.07 Å². The van der Waals surface area contributed by atoms with Gasteiger partial charge in [0.25, 0.3) is 0 Å². The van der Waals surface area contributed by atoms with Gasteiger partial charge < -0.3 is 5.73 Å². The summed E-state index contributed by atoms with van der Waals surface area (Å²) in [5.41, 5.74) is 6.26. The lowest BCUT2D eigenvalue weighted by Gasteiger charge is -1.99. The zero-order valence-electron chi connectivity index (χ0n) is 6.86. The molecule has 0 fully saturated rings. The molecule has 0 radical (unpaired) electrons. The molecule has 0 spiro atoms. The molecule has 0 amide bonds. The first kappa shape index (κ1) is 7.56. The highest BCUT2D eigenvalue weighted by Crippen LogP contribution is 2.19. The number of fused-ring (bicyclic) bond motifs is 1. The molecule has 62 valence electrons. The van der Waals surface area contributed by atoms with Crippen LogP contribution >= 0.6 is 0 Å². The normalized spacial score (nSPS) is 9.77. The van der Waals surface area contributed by atoms with E-state index in [0.29, 0.717) is 11.4 Å². The zero-order valence-corrected chi connectivity index (χ0v) is 6.86. The van der Waals surface area contributed by atoms with Crippen LogP contribution in [-0.4, -0.2) is 4.98 Å². The molecule has 0 saturated carbocycles. The lowest BCUT2D eigenvalue weighted by molar-refractivity contribution is 1.37. The average molecular weight is 169 g/mol.